The Morgan fingerprint density at radius 3 is 2.83 bits per heavy atom. The molecule has 0 aliphatic carbocycles. The van der Waals surface area contributed by atoms with Crippen LogP contribution in [0.3, 0.4) is 0 Å². The van der Waals surface area contributed by atoms with Crippen LogP contribution in [0.15, 0.2) is 24.5 Å². The molecule has 12 heteroatoms. The first-order chi connectivity index (χ1) is 13.9. The number of tetrazole rings is 1. The molecule has 3 aromatic rings. The lowest BCUT2D eigenvalue weighted by Crippen LogP contribution is -2.28. The van der Waals surface area contributed by atoms with E-state index < -0.39 is 17.6 Å². The van der Waals surface area contributed by atoms with E-state index in [4.69, 9.17) is 0 Å². The summed E-state index contributed by atoms with van der Waals surface area (Å²) in [6.45, 7) is 2.62. The van der Waals surface area contributed by atoms with Crippen molar-refractivity contribution in [1.82, 2.24) is 35.1 Å². The van der Waals surface area contributed by atoms with Gasteiger partial charge < -0.3 is 9.88 Å². The van der Waals surface area contributed by atoms with Gasteiger partial charge in [0.2, 0.25) is 0 Å². The maximum Gasteiger partial charge on any atom is 0.416 e. The summed E-state index contributed by atoms with van der Waals surface area (Å²) < 4.78 is 54.0. The van der Waals surface area contributed by atoms with Gasteiger partial charge in [0.05, 0.1) is 30.8 Å². The molecule has 2 N–H and O–H groups in total. The number of benzene rings is 1. The molecule has 0 bridgehead atoms. The van der Waals surface area contributed by atoms with E-state index in [0.29, 0.717) is 25.8 Å². The van der Waals surface area contributed by atoms with Gasteiger partial charge in [-0.05, 0) is 35.4 Å². The number of alkyl halides is 3. The quantitative estimate of drug-likeness (QED) is 0.606. The molecule has 29 heavy (non-hydrogen) atoms. The monoisotopic (exact) mass is 410 g/mol. The second kappa shape index (κ2) is 7.78. The predicted molar refractivity (Wildman–Crippen MR) is 94.2 cm³/mol. The zero-order valence-corrected chi connectivity index (χ0v) is 15.2. The van der Waals surface area contributed by atoms with Gasteiger partial charge in [0.25, 0.3) is 0 Å². The highest BCUT2D eigenvalue weighted by Crippen LogP contribution is 2.30. The minimum atomic E-state index is -4.61. The van der Waals surface area contributed by atoms with E-state index in [-0.39, 0.29) is 17.8 Å². The number of fused-ring (bicyclic) bond motifs is 1. The minimum Gasteiger partial charge on any atom is -0.356 e. The lowest BCUT2D eigenvalue weighted by molar-refractivity contribution is -0.137. The highest BCUT2D eigenvalue weighted by Gasteiger charge is 2.31. The maximum atomic E-state index is 13.5. The van der Waals surface area contributed by atoms with Gasteiger partial charge in [-0.15, -0.1) is 10.2 Å². The van der Waals surface area contributed by atoms with Gasteiger partial charge >= 0.3 is 6.18 Å². The Morgan fingerprint density at radius 1 is 1.14 bits per heavy atom. The largest absolute Gasteiger partial charge is 0.416 e. The molecular formula is C17H18F4N8. The fraction of sp³-hybridized carbons (Fsp3) is 0.412. The molecule has 1 aromatic carbocycles. The van der Waals surface area contributed by atoms with Crippen LogP contribution >= 0.6 is 0 Å². The first-order valence-electron chi connectivity index (χ1n) is 9.00. The van der Waals surface area contributed by atoms with Gasteiger partial charge in [-0.1, -0.05) is 0 Å². The van der Waals surface area contributed by atoms with Gasteiger partial charge in [-0.3, -0.25) is 5.32 Å². The molecule has 0 amide bonds. The highest BCUT2D eigenvalue weighted by atomic mass is 19.4. The number of aryl methyl sites for hydroxylation is 2. The van der Waals surface area contributed by atoms with E-state index in [2.05, 4.69) is 31.0 Å². The van der Waals surface area contributed by atoms with E-state index >= 15 is 0 Å². The zero-order chi connectivity index (χ0) is 20.4. The summed E-state index contributed by atoms with van der Waals surface area (Å²) in [6.07, 6.45) is -2.16. The molecule has 0 saturated carbocycles. The fourth-order valence-corrected chi connectivity index (χ4v) is 3.18. The number of nitrogens with one attached hydrogen (secondary N) is 2. The summed E-state index contributed by atoms with van der Waals surface area (Å²) in [5.41, 5.74) is 0.185. The van der Waals surface area contributed by atoms with Crippen molar-refractivity contribution in [2.75, 3.05) is 12.0 Å². The van der Waals surface area contributed by atoms with Crippen molar-refractivity contribution in [3.05, 3.63) is 53.0 Å². The summed E-state index contributed by atoms with van der Waals surface area (Å²) in [6, 6.07) is 2.40. The van der Waals surface area contributed by atoms with Crippen molar-refractivity contribution in [2.24, 2.45) is 0 Å². The minimum absolute atomic E-state index is 0.0345. The first-order valence-corrected chi connectivity index (χ1v) is 9.00. The third-order valence-corrected chi connectivity index (χ3v) is 4.52. The number of nitrogens with zero attached hydrogens (tertiary/aromatic N) is 6. The van der Waals surface area contributed by atoms with Gasteiger partial charge in [0.1, 0.15) is 11.6 Å². The molecule has 1 aliphatic rings. The van der Waals surface area contributed by atoms with Gasteiger partial charge in [0, 0.05) is 19.5 Å². The molecule has 4 rings (SSSR count). The number of imidazole rings is 1. The first kappa shape index (κ1) is 19.3. The lowest BCUT2D eigenvalue weighted by Gasteiger charge is -2.16. The van der Waals surface area contributed by atoms with Gasteiger partial charge in [-0.25, -0.2) is 9.37 Å². The Balaban J connectivity index is 1.36. The smallest absolute Gasteiger partial charge is 0.356 e. The normalized spacial score (nSPS) is 13.9. The Bertz CT molecular complexity index is 994. The standard InChI is InChI=1S/C17H18F4N8/c18-13-5-11(4-12(7-13)17(19,20)21)6-15-25-27-29(26-15)3-1-2-28-10-24-16-14(28)8-22-9-23-16/h4-5,7,10,22-23H,1-3,6,8-9H2. The van der Waals surface area contributed by atoms with E-state index in [1.165, 1.54) is 4.80 Å². The Kier molecular flexibility index (Phi) is 5.18. The molecule has 0 radical (unpaired) electrons. The number of anilines is 1. The summed E-state index contributed by atoms with van der Waals surface area (Å²) in [4.78, 5) is 5.70. The summed E-state index contributed by atoms with van der Waals surface area (Å²) in [5.74, 6) is 0.158. The third kappa shape index (κ3) is 4.53. The predicted octanol–water partition coefficient (Wildman–Crippen LogP) is 2.18. The van der Waals surface area contributed by atoms with Crippen LogP contribution in [0.25, 0.3) is 0 Å². The lowest BCUT2D eigenvalue weighted by atomic mass is 10.1. The second-order valence-corrected chi connectivity index (χ2v) is 6.69. The number of hydrogen-bond acceptors (Lipinski definition) is 6. The number of hydrogen-bond donors (Lipinski definition) is 2. The van der Waals surface area contributed by atoms with Crippen molar-refractivity contribution in [1.29, 1.82) is 0 Å². The SMILES string of the molecule is Fc1cc(Cc2nnn(CCCn3cnc4c3CNCN4)n2)cc(C(F)(F)F)c1. The van der Waals surface area contributed by atoms with Crippen LogP contribution in [0.5, 0.6) is 0 Å². The Morgan fingerprint density at radius 2 is 2.00 bits per heavy atom. The molecular weight excluding hydrogens is 392 g/mol. The van der Waals surface area contributed by atoms with E-state index in [1.807, 2.05) is 4.57 Å². The van der Waals surface area contributed by atoms with Gasteiger partial charge in [0.15, 0.2) is 5.82 Å². The number of halogens is 4. The van der Waals surface area contributed by atoms with Crippen LogP contribution < -0.4 is 10.6 Å². The molecule has 8 nitrogen and oxygen atoms in total. The highest BCUT2D eigenvalue weighted by molar-refractivity contribution is 5.42. The summed E-state index contributed by atoms with van der Waals surface area (Å²) >= 11 is 0. The van der Waals surface area contributed by atoms with Crippen LogP contribution in [0.4, 0.5) is 23.4 Å². The van der Waals surface area contributed by atoms with Crippen molar-refractivity contribution >= 4 is 5.82 Å². The van der Waals surface area contributed by atoms with Crippen LogP contribution in [0.1, 0.15) is 29.1 Å². The molecule has 154 valence electrons. The molecule has 0 atom stereocenters. The van der Waals surface area contributed by atoms with Crippen molar-refractivity contribution in [3.63, 3.8) is 0 Å². The average Bonchev–Trinajstić information content (AvgIpc) is 3.28. The molecule has 0 saturated heterocycles. The molecule has 1 aliphatic heterocycles. The van der Waals surface area contributed by atoms with Crippen LogP contribution in [-0.2, 0) is 32.2 Å². The zero-order valence-electron chi connectivity index (χ0n) is 15.2. The van der Waals surface area contributed by atoms with Crippen molar-refractivity contribution in [3.8, 4) is 0 Å². The molecule has 2 aromatic heterocycles. The Hall–Kier alpha value is -3.02. The molecule has 0 unspecified atom stereocenters. The number of rotatable bonds is 6. The Labute approximate surface area is 162 Å². The van der Waals surface area contributed by atoms with Crippen LogP contribution in [0, 0.1) is 5.82 Å². The topological polar surface area (TPSA) is 85.5 Å². The molecule has 0 fully saturated rings. The van der Waals surface area contributed by atoms with Crippen LogP contribution in [0.2, 0.25) is 0 Å². The van der Waals surface area contributed by atoms with Crippen molar-refractivity contribution in [2.45, 2.75) is 38.7 Å². The third-order valence-electron chi connectivity index (χ3n) is 4.52. The number of aromatic nitrogens is 6. The fourth-order valence-electron chi connectivity index (χ4n) is 3.18. The van der Waals surface area contributed by atoms with Crippen LogP contribution in [-0.4, -0.2) is 36.4 Å². The molecule has 0 spiro atoms. The van der Waals surface area contributed by atoms with Gasteiger partial charge in [-0.2, -0.15) is 18.0 Å². The van der Waals surface area contributed by atoms with E-state index in [9.17, 15) is 17.6 Å². The molecule has 3 heterocycles. The average molecular weight is 410 g/mol. The van der Waals surface area contributed by atoms with E-state index in [0.717, 1.165) is 36.6 Å². The van der Waals surface area contributed by atoms with E-state index in [1.54, 1.807) is 6.33 Å². The maximum absolute atomic E-state index is 13.5. The summed E-state index contributed by atoms with van der Waals surface area (Å²) in [5, 5.41) is 18.3. The summed E-state index contributed by atoms with van der Waals surface area (Å²) in [7, 11) is 0. The van der Waals surface area contributed by atoms with Crippen molar-refractivity contribution < 1.29 is 17.6 Å². The second-order valence-electron chi connectivity index (χ2n) is 6.69.